The molecule has 8 heteroatoms. The largest absolute Gasteiger partial charge is 0.306 e. The summed E-state index contributed by atoms with van der Waals surface area (Å²) in [7, 11) is 1.88. The highest BCUT2D eigenvalue weighted by Crippen LogP contribution is 2.30. The van der Waals surface area contributed by atoms with Crippen LogP contribution in [-0.2, 0) is 7.05 Å². The van der Waals surface area contributed by atoms with Crippen LogP contribution in [-0.4, -0.2) is 25.7 Å². The lowest BCUT2D eigenvalue weighted by atomic mass is 10.3. The summed E-state index contributed by atoms with van der Waals surface area (Å²) < 4.78 is 2.95. The molecule has 4 heterocycles. The monoisotopic (exact) mass is 405 g/mol. The van der Waals surface area contributed by atoms with E-state index in [9.17, 15) is 4.79 Å². The molecule has 0 aliphatic heterocycles. The van der Waals surface area contributed by atoms with E-state index in [0.717, 1.165) is 36.7 Å². The number of aryl methyl sites for hydroxylation is 2. The average molecular weight is 406 g/mol. The minimum Gasteiger partial charge on any atom is -0.306 e. The number of nitrogens with zero attached hydrogens (tertiary/aromatic N) is 4. The molecule has 5 rings (SSSR count). The summed E-state index contributed by atoms with van der Waals surface area (Å²) in [4.78, 5) is 23.3. The Labute approximate surface area is 168 Å². The van der Waals surface area contributed by atoms with Crippen LogP contribution in [0.4, 0.5) is 5.82 Å². The first-order chi connectivity index (χ1) is 13.6. The first-order valence-electron chi connectivity index (χ1n) is 8.65. The van der Waals surface area contributed by atoms with Crippen molar-refractivity contribution in [1.82, 2.24) is 19.7 Å². The van der Waals surface area contributed by atoms with Crippen molar-refractivity contribution in [2.24, 2.45) is 7.05 Å². The first-order valence-corrected chi connectivity index (χ1v) is 10.3. The third kappa shape index (κ3) is 2.87. The third-order valence-electron chi connectivity index (χ3n) is 4.47. The Bertz CT molecular complexity index is 1260. The van der Waals surface area contributed by atoms with E-state index in [1.165, 1.54) is 11.3 Å². The maximum Gasteiger partial charge on any atom is 0.266 e. The second kappa shape index (κ2) is 6.50. The molecular weight excluding hydrogens is 390 g/mol. The predicted octanol–water partition coefficient (Wildman–Crippen LogP) is 4.87. The molecule has 0 spiro atoms. The second-order valence-corrected chi connectivity index (χ2v) is 8.47. The van der Waals surface area contributed by atoms with E-state index in [2.05, 4.69) is 26.4 Å². The number of amides is 1. The number of thiazole rings is 1. The van der Waals surface area contributed by atoms with Crippen LogP contribution in [0.15, 0.2) is 48.7 Å². The van der Waals surface area contributed by atoms with Crippen molar-refractivity contribution in [2.75, 3.05) is 5.32 Å². The van der Waals surface area contributed by atoms with Gasteiger partial charge in [0.1, 0.15) is 15.7 Å². The van der Waals surface area contributed by atoms with Gasteiger partial charge >= 0.3 is 0 Å². The molecule has 5 aromatic rings. The number of thiophene rings is 1. The van der Waals surface area contributed by atoms with Gasteiger partial charge in [-0.05, 0) is 37.3 Å². The van der Waals surface area contributed by atoms with E-state index in [1.54, 1.807) is 28.3 Å². The maximum atomic E-state index is 12.6. The first kappa shape index (κ1) is 17.0. The molecule has 0 radical (unpaired) electrons. The molecule has 0 saturated heterocycles. The van der Waals surface area contributed by atoms with Crippen molar-refractivity contribution in [2.45, 2.75) is 6.92 Å². The normalized spacial score (nSPS) is 11.4. The SMILES string of the molecule is Cc1nn(C)c2sc(C(=O)Nc3ccc(-c4nc5ccccc5s4)cn3)cc12. The fourth-order valence-electron chi connectivity index (χ4n) is 3.09. The van der Waals surface area contributed by atoms with Crippen LogP contribution < -0.4 is 5.32 Å². The topological polar surface area (TPSA) is 72.7 Å². The zero-order chi connectivity index (χ0) is 19.3. The van der Waals surface area contributed by atoms with Gasteiger partial charge in [0, 0.05) is 24.2 Å². The molecule has 0 aliphatic carbocycles. The lowest BCUT2D eigenvalue weighted by molar-refractivity contribution is 0.103. The number of pyridine rings is 1. The fraction of sp³-hybridized carbons (Fsp3) is 0.100. The minimum atomic E-state index is -0.166. The lowest BCUT2D eigenvalue weighted by Gasteiger charge is -2.03. The van der Waals surface area contributed by atoms with Gasteiger partial charge in [0.05, 0.1) is 20.8 Å². The standard InChI is InChI=1S/C20H15N5OS2/c1-11-13-9-16(28-20(13)25(2)24-11)18(26)23-17-8-7-12(10-21-17)19-22-14-5-3-4-6-15(14)27-19/h3-10H,1-2H3,(H,21,23,26). The number of fused-ring (bicyclic) bond motifs is 2. The molecule has 1 amide bonds. The Morgan fingerprint density at radius 3 is 2.75 bits per heavy atom. The predicted molar refractivity (Wildman–Crippen MR) is 114 cm³/mol. The molecular formula is C20H15N5OS2. The molecule has 0 aliphatic rings. The summed E-state index contributed by atoms with van der Waals surface area (Å²) in [5.41, 5.74) is 2.84. The molecule has 1 N–H and O–H groups in total. The van der Waals surface area contributed by atoms with Gasteiger partial charge in [-0.2, -0.15) is 5.10 Å². The van der Waals surface area contributed by atoms with Crippen LogP contribution >= 0.6 is 22.7 Å². The van der Waals surface area contributed by atoms with Crippen LogP contribution in [0.1, 0.15) is 15.4 Å². The Balaban J connectivity index is 1.37. The van der Waals surface area contributed by atoms with Gasteiger partial charge < -0.3 is 5.32 Å². The molecule has 4 aromatic heterocycles. The Morgan fingerprint density at radius 2 is 2.00 bits per heavy atom. The van der Waals surface area contributed by atoms with Gasteiger partial charge in [0.15, 0.2) is 0 Å². The van der Waals surface area contributed by atoms with E-state index in [1.807, 2.05) is 44.3 Å². The highest BCUT2D eigenvalue weighted by molar-refractivity contribution is 7.21. The van der Waals surface area contributed by atoms with Crippen molar-refractivity contribution < 1.29 is 4.79 Å². The van der Waals surface area contributed by atoms with Crippen molar-refractivity contribution in [3.63, 3.8) is 0 Å². The summed E-state index contributed by atoms with van der Waals surface area (Å²) in [5.74, 6) is 0.350. The quantitative estimate of drug-likeness (QED) is 0.465. The van der Waals surface area contributed by atoms with Crippen LogP contribution in [0.25, 0.3) is 31.0 Å². The number of rotatable bonds is 3. The zero-order valence-corrected chi connectivity index (χ0v) is 16.8. The number of hydrogen-bond acceptors (Lipinski definition) is 6. The van der Waals surface area contributed by atoms with E-state index < -0.39 is 0 Å². The number of anilines is 1. The van der Waals surface area contributed by atoms with E-state index in [4.69, 9.17) is 0 Å². The molecule has 0 unspecified atom stereocenters. The van der Waals surface area contributed by atoms with Gasteiger partial charge in [-0.15, -0.1) is 22.7 Å². The van der Waals surface area contributed by atoms with Gasteiger partial charge in [-0.3, -0.25) is 9.48 Å². The zero-order valence-electron chi connectivity index (χ0n) is 15.1. The van der Waals surface area contributed by atoms with E-state index >= 15 is 0 Å². The van der Waals surface area contributed by atoms with Crippen LogP contribution in [0.3, 0.4) is 0 Å². The molecule has 0 bridgehead atoms. The highest BCUT2D eigenvalue weighted by atomic mass is 32.1. The molecule has 28 heavy (non-hydrogen) atoms. The average Bonchev–Trinajstić information content (AvgIpc) is 3.38. The number of para-hydroxylation sites is 1. The number of benzene rings is 1. The molecule has 1 aromatic carbocycles. The van der Waals surface area contributed by atoms with E-state index in [-0.39, 0.29) is 5.91 Å². The molecule has 0 saturated carbocycles. The van der Waals surface area contributed by atoms with Crippen LogP contribution in [0.2, 0.25) is 0 Å². The van der Waals surface area contributed by atoms with Gasteiger partial charge in [-0.25, -0.2) is 9.97 Å². The molecule has 0 atom stereocenters. The summed E-state index contributed by atoms with van der Waals surface area (Å²) in [6, 6.07) is 13.7. The van der Waals surface area contributed by atoms with Gasteiger partial charge in [0.25, 0.3) is 5.91 Å². The number of aromatic nitrogens is 4. The van der Waals surface area contributed by atoms with Crippen LogP contribution in [0.5, 0.6) is 0 Å². The Hall–Kier alpha value is -3.10. The van der Waals surface area contributed by atoms with Crippen molar-refractivity contribution >= 4 is 54.8 Å². The maximum absolute atomic E-state index is 12.6. The van der Waals surface area contributed by atoms with Crippen LogP contribution in [0, 0.1) is 6.92 Å². The lowest BCUT2D eigenvalue weighted by Crippen LogP contribution is -2.11. The summed E-state index contributed by atoms with van der Waals surface area (Å²) >= 11 is 3.05. The third-order valence-corrected chi connectivity index (χ3v) is 6.75. The summed E-state index contributed by atoms with van der Waals surface area (Å²) in [6.07, 6.45) is 1.74. The van der Waals surface area contributed by atoms with Crippen molar-refractivity contribution in [1.29, 1.82) is 0 Å². The number of hydrogen-bond donors (Lipinski definition) is 1. The molecule has 138 valence electrons. The number of carbonyl (C=O) groups excluding carboxylic acids is 1. The fourth-order valence-corrected chi connectivity index (χ4v) is 5.06. The van der Waals surface area contributed by atoms with E-state index in [0.29, 0.717) is 10.7 Å². The Morgan fingerprint density at radius 1 is 1.14 bits per heavy atom. The molecule has 6 nitrogen and oxygen atoms in total. The second-order valence-electron chi connectivity index (χ2n) is 6.41. The number of carbonyl (C=O) groups is 1. The van der Waals surface area contributed by atoms with Gasteiger partial charge in [-0.1, -0.05) is 12.1 Å². The number of nitrogens with one attached hydrogen (secondary N) is 1. The Kier molecular flexibility index (Phi) is 3.96. The minimum absolute atomic E-state index is 0.166. The van der Waals surface area contributed by atoms with Gasteiger partial charge in [0.2, 0.25) is 0 Å². The van der Waals surface area contributed by atoms with Crippen molar-refractivity contribution in [3.8, 4) is 10.6 Å². The van der Waals surface area contributed by atoms with Crippen molar-refractivity contribution in [3.05, 3.63) is 59.2 Å². The summed E-state index contributed by atoms with van der Waals surface area (Å²) in [6.45, 7) is 1.94. The highest BCUT2D eigenvalue weighted by Gasteiger charge is 2.16. The molecule has 0 fully saturated rings. The summed E-state index contributed by atoms with van der Waals surface area (Å²) in [5, 5.41) is 9.16. The smallest absolute Gasteiger partial charge is 0.266 e.